The van der Waals surface area contributed by atoms with Gasteiger partial charge in [0, 0.05) is 17.5 Å². The van der Waals surface area contributed by atoms with E-state index in [0.717, 1.165) is 10.9 Å². The quantitative estimate of drug-likeness (QED) is 0.348. The average Bonchev–Trinajstić information content (AvgIpc) is 2.64. The summed E-state index contributed by atoms with van der Waals surface area (Å²) in [5.74, 6) is 0.392. The average molecular weight is 389 g/mol. The van der Waals surface area contributed by atoms with Gasteiger partial charge in [-0.1, -0.05) is 23.7 Å². The number of halogens is 1. The highest BCUT2D eigenvalue weighted by Gasteiger charge is 2.08. The Balaban J connectivity index is 1.47. The molecule has 0 aliphatic carbocycles. The van der Waals surface area contributed by atoms with Crippen molar-refractivity contribution in [2.24, 2.45) is 0 Å². The third-order valence-electron chi connectivity index (χ3n) is 3.72. The van der Waals surface area contributed by atoms with Crippen molar-refractivity contribution in [1.29, 1.82) is 0 Å². The van der Waals surface area contributed by atoms with E-state index in [2.05, 4.69) is 0 Å². The first-order valence-electron chi connectivity index (χ1n) is 8.23. The summed E-state index contributed by atoms with van der Waals surface area (Å²) in [7, 11) is 0. The van der Waals surface area contributed by atoms with Crippen LogP contribution >= 0.6 is 11.6 Å². The van der Waals surface area contributed by atoms with Gasteiger partial charge in [-0.05, 0) is 36.8 Å². The monoisotopic (exact) mass is 388 g/mol. The molecule has 7 heteroatoms. The van der Waals surface area contributed by atoms with Gasteiger partial charge < -0.3 is 18.6 Å². The second kappa shape index (κ2) is 8.60. The van der Waals surface area contributed by atoms with E-state index in [1.54, 1.807) is 42.5 Å². The van der Waals surface area contributed by atoms with E-state index in [1.807, 2.05) is 6.92 Å². The topological polar surface area (TPSA) is 75.0 Å². The van der Waals surface area contributed by atoms with Crippen LogP contribution in [0.2, 0.25) is 5.02 Å². The molecule has 0 spiro atoms. The molecule has 0 fully saturated rings. The first-order valence-corrected chi connectivity index (χ1v) is 8.61. The number of fused-ring (bicyclic) bond motifs is 1. The van der Waals surface area contributed by atoms with Crippen LogP contribution < -0.4 is 15.1 Å². The molecule has 0 bridgehead atoms. The summed E-state index contributed by atoms with van der Waals surface area (Å²) in [6.07, 6.45) is 0. The fourth-order valence-corrected chi connectivity index (χ4v) is 2.64. The minimum absolute atomic E-state index is 0.0687. The zero-order valence-electron chi connectivity index (χ0n) is 14.6. The Kier molecular flexibility index (Phi) is 5.98. The van der Waals surface area contributed by atoms with Crippen LogP contribution in [0, 0.1) is 6.92 Å². The zero-order valence-corrected chi connectivity index (χ0v) is 15.3. The minimum Gasteiger partial charge on any atom is -0.488 e. The Morgan fingerprint density at radius 1 is 1.07 bits per heavy atom. The van der Waals surface area contributed by atoms with Crippen molar-refractivity contribution >= 4 is 28.5 Å². The van der Waals surface area contributed by atoms with Gasteiger partial charge in [0.15, 0.2) is 6.61 Å². The first kappa shape index (κ1) is 18.8. The smallest absolute Gasteiger partial charge is 0.344 e. The fraction of sp³-hybridized carbons (Fsp3) is 0.200. The lowest BCUT2D eigenvalue weighted by molar-refractivity contribution is -0.146. The molecule has 0 aliphatic heterocycles. The van der Waals surface area contributed by atoms with Crippen LogP contribution in [0.5, 0.6) is 11.5 Å². The Bertz CT molecular complexity index is 1010. The first-order chi connectivity index (χ1) is 13.0. The third kappa shape index (κ3) is 5.01. The van der Waals surface area contributed by atoms with Gasteiger partial charge in [-0.3, -0.25) is 0 Å². The molecule has 0 amide bonds. The molecule has 0 saturated carbocycles. The van der Waals surface area contributed by atoms with Gasteiger partial charge in [0.25, 0.3) is 0 Å². The number of esters is 1. The Morgan fingerprint density at radius 2 is 1.89 bits per heavy atom. The highest BCUT2D eigenvalue weighted by atomic mass is 35.5. The van der Waals surface area contributed by atoms with Crippen LogP contribution in [0.4, 0.5) is 0 Å². The minimum atomic E-state index is -0.538. The second-order valence-corrected chi connectivity index (χ2v) is 6.10. The summed E-state index contributed by atoms with van der Waals surface area (Å²) >= 11 is 5.96. The van der Waals surface area contributed by atoms with E-state index in [0.29, 0.717) is 22.1 Å². The molecule has 2 aromatic carbocycles. The normalized spacial score (nSPS) is 10.6. The molecule has 140 valence electrons. The van der Waals surface area contributed by atoms with Crippen LogP contribution in [0.25, 0.3) is 11.0 Å². The molecular formula is C20H17ClO6. The Morgan fingerprint density at radius 3 is 2.70 bits per heavy atom. The number of ether oxygens (including phenoxy) is 3. The second-order valence-electron chi connectivity index (χ2n) is 5.69. The Hall–Kier alpha value is -2.99. The maximum atomic E-state index is 11.8. The van der Waals surface area contributed by atoms with Crippen molar-refractivity contribution in [3.05, 3.63) is 69.5 Å². The van der Waals surface area contributed by atoms with Crippen LogP contribution in [-0.2, 0) is 9.53 Å². The molecule has 1 aromatic heterocycles. The van der Waals surface area contributed by atoms with Crippen molar-refractivity contribution in [2.75, 3.05) is 19.8 Å². The Labute approximate surface area is 160 Å². The molecule has 0 saturated heterocycles. The summed E-state index contributed by atoms with van der Waals surface area (Å²) in [5, 5.41) is 1.30. The van der Waals surface area contributed by atoms with Crippen molar-refractivity contribution in [1.82, 2.24) is 0 Å². The number of aryl methyl sites for hydroxylation is 1. The van der Waals surface area contributed by atoms with Gasteiger partial charge >= 0.3 is 11.6 Å². The number of rotatable bonds is 7. The van der Waals surface area contributed by atoms with Crippen molar-refractivity contribution in [3.63, 3.8) is 0 Å². The van der Waals surface area contributed by atoms with E-state index in [9.17, 15) is 9.59 Å². The van der Waals surface area contributed by atoms with Gasteiger partial charge in [-0.25, -0.2) is 9.59 Å². The van der Waals surface area contributed by atoms with E-state index in [4.69, 9.17) is 30.2 Å². The van der Waals surface area contributed by atoms with Gasteiger partial charge in [0.05, 0.1) is 5.02 Å². The van der Waals surface area contributed by atoms with Crippen molar-refractivity contribution < 1.29 is 23.4 Å². The predicted octanol–water partition coefficient (Wildman–Crippen LogP) is 3.76. The highest BCUT2D eigenvalue weighted by molar-refractivity contribution is 6.32. The maximum Gasteiger partial charge on any atom is 0.344 e. The number of hydrogen-bond acceptors (Lipinski definition) is 6. The molecule has 1 heterocycles. The van der Waals surface area contributed by atoms with Crippen molar-refractivity contribution in [2.45, 2.75) is 6.92 Å². The summed E-state index contributed by atoms with van der Waals surface area (Å²) < 4.78 is 21.0. The van der Waals surface area contributed by atoms with E-state index >= 15 is 0 Å². The molecule has 0 radical (unpaired) electrons. The molecule has 27 heavy (non-hydrogen) atoms. The summed E-state index contributed by atoms with van der Waals surface area (Å²) in [5.41, 5.74) is 0.778. The summed E-state index contributed by atoms with van der Waals surface area (Å²) in [4.78, 5) is 23.2. The number of carbonyl (C=O) groups is 1. The number of hydrogen-bond donors (Lipinski definition) is 0. The summed E-state index contributed by atoms with van der Waals surface area (Å²) in [6, 6.07) is 13.5. The highest BCUT2D eigenvalue weighted by Crippen LogP contribution is 2.23. The van der Waals surface area contributed by atoms with Gasteiger partial charge in [-0.15, -0.1) is 0 Å². The SMILES string of the molecule is Cc1cc(=O)oc2cc(OCC(=O)OCCOc3ccccc3Cl)ccc12. The molecule has 6 nitrogen and oxygen atoms in total. The number of carbonyl (C=O) groups excluding carboxylic acids is 1. The van der Waals surface area contributed by atoms with E-state index in [1.165, 1.54) is 6.07 Å². The third-order valence-corrected chi connectivity index (χ3v) is 4.03. The van der Waals surface area contributed by atoms with Crippen LogP contribution in [0.15, 0.2) is 57.7 Å². The van der Waals surface area contributed by atoms with Crippen LogP contribution in [0.3, 0.4) is 0 Å². The lowest BCUT2D eigenvalue weighted by Gasteiger charge is -2.09. The van der Waals surface area contributed by atoms with Crippen molar-refractivity contribution in [3.8, 4) is 11.5 Å². The zero-order chi connectivity index (χ0) is 19.2. The summed E-state index contributed by atoms with van der Waals surface area (Å²) in [6.45, 7) is 1.80. The van der Waals surface area contributed by atoms with Crippen LogP contribution in [-0.4, -0.2) is 25.8 Å². The van der Waals surface area contributed by atoms with Gasteiger partial charge in [-0.2, -0.15) is 0 Å². The largest absolute Gasteiger partial charge is 0.488 e. The van der Waals surface area contributed by atoms with Crippen LogP contribution in [0.1, 0.15) is 5.56 Å². The maximum absolute atomic E-state index is 11.8. The lowest BCUT2D eigenvalue weighted by Crippen LogP contribution is -2.18. The standard InChI is InChI=1S/C20H17ClO6/c1-13-10-19(22)27-18-11-14(6-7-15(13)18)26-12-20(23)25-9-8-24-17-5-3-2-4-16(17)21/h2-7,10-11H,8-9,12H2,1H3. The molecule has 0 unspecified atom stereocenters. The molecule has 3 aromatic rings. The fourth-order valence-electron chi connectivity index (χ4n) is 2.45. The molecular weight excluding hydrogens is 372 g/mol. The number of benzene rings is 2. The molecule has 0 aliphatic rings. The van der Waals surface area contributed by atoms with Gasteiger partial charge in [0.1, 0.15) is 30.3 Å². The molecule has 0 N–H and O–H groups in total. The van der Waals surface area contributed by atoms with E-state index < -0.39 is 11.6 Å². The van der Waals surface area contributed by atoms with E-state index in [-0.39, 0.29) is 19.8 Å². The molecule has 0 atom stereocenters. The lowest BCUT2D eigenvalue weighted by atomic mass is 10.1. The predicted molar refractivity (Wildman–Crippen MR) is 101 cm³/mol. The number of para-hydroxylation sites is 1. The van der Waals surface area contributed by atoms with Gasteiger partial charge in [0.2, 0.25) is 0 Å². The molecule has 3 rings (SSSR count).